The normalized spacial score (nSPS) is 12.8. The van der Waals surface area contributed by atoms with E-state index < -0.39 is 10.0 Å². The zero-order valence-electron chi connectivity index (χ0n) is 11.6. The molecule has 1 aromatic rings. The van der Waals surface area contributed by atoms with Crippen molar-refractivity contribution in [3.63, 3.8) is 0 Å². The van der Waals surface area contributed by atoms with Crippen LogP contribution in [0.2, 0.25) is 0 Å². The van der Waals surface area contributed by atoms with Crippen molar-refractivity contribution in [3.8, 4) is 0 Å². The van der Waals surface area contributed by atoms with Crippen LogP contribution >= 0.6 is 23.1 Å². The van der Waals surface area contributed by atoms with Gasteiger partial charge in [0.25, 0.3) is 0 Å². The highest BCUT2D eigenvalue weighted by atomic mass is 32.2. The summed E-state index contributed by atoms with van der Waals surface area (Å²) in [6.45, 7) is 4.88. The van der Waals surface area contributed by atoms with Crippen LogP contribution in [-0.4, -0.2) is 26.0 Å². The van der Waals surface area contributed by atoms with Gasteiger partial charge in [-0.2, -0.15) is 11.8 Å². The van der Waals surface area contributed by atoms with Crippen molar-refractivity contribution in [1.82, 2.24) is 4.72 Å². The van der Waals surface area contributed by atoms with Crippen LogP contribution in [0.3, 0.4) is 0 Å². The standard InChI is InChI=1S/C12H22N2O2S3/c1-4-12(5-2,17-3)9-14-19(15,16)11-6-7-18-10(11)8-13/h6-7,14H,4-5,8-9,13H2,1-3H3. The molecule has 0 aliphatic rings. The third-order valence-corrected chi connectivity index (χ3v) is 7.63. The van der Waals surface area contributed by atoms with E-state index in [-0.39, 0.29) is 11.3 Å². The predicted molar refractivity (Wildman–Crippen MR) is 84.2 cm³/mol. The van der Waals surface area contributed by atoms with Gasteiger partial charge in [-0.25, -0.2) is 13.1 Å². The third-order valence-electron chi connectivity index (χ3n) is 3.49. The monoisotopic (exact) mass is 322 g/mol. The molecule has 4 nitrogen and oxygen atoms in total. The van der Waals surface area contributed by atoms with Crippen LogP contribution in [-0.2, 0) is 16.6 Å². The maximum absolute atomic E-state index is 12.3. The second-order valence-electron chi connectivity index (χ2n) is 4.33. The fourth-order valence-electron chi connectivity index (χ4n) is 1.88. The van der Waals surface area contributed by atoms with Crippen molar-refractivity contribution in [2.75, 3.05) is 12.8 Å². The van der Waals surface area contributed by atoms with Crippen LogP contribution < -0.4 is 10.5 Å². The Kier molecular flexibility index (Phi) is 6.32. The predicted octanol–water partition coefficient (Wildman–Crippen LogP) is 2.41. The minimum Gasteiger partial charge on any atom is -0.326 e. The van der Waals surface area contributed by atoms with E-state index >= 15 is 0 Å². The van der Waals surface area contributed by atoms with Crippen molar-refractivity contribution >= 4 is 33.1 Å². The lowest BCUT2D eigenvalue weighted by molar-refractivity contribution is 0.522. The number of thioether (sulfide) groups is 1. The van der Waals surface area contributed by atoms with E-state index in [0.717, 1.165) is 12.8 Å². The van der Waals surface area contributed by atoms with Crippen molar-refractivity contribution in [3.05, 3.63) is 16.3 Å². The molecule has 110 valence electrons. The summed E-state index contributed by atoms with van der Waals surface area (Å²) < 4.78 is 27.3. The van der Waals surface area contributed by atoms with Crippen molar-refractivity contribution in [1.29, 1.82) is 0 Å². The Hall–Kier alpha value is -0.0800. The molecule has 0 aliphatic carbocycles. The number of nitrogens with two attached hydrogens (primary N) is 1. The maximum Gasteiger partial charge on any atom is 0.241 e. The molecule has 1 rings (SSSR count). The van der Waals surface area contributed by atoms with Gasteiger partial charge in [-0.15, -0.1) is 11.3 Å². The van der Waals surface area contributed by atoms with Crippen molar-refractivity contribution in [2.24, 2.45) is 5.73 Å². The van der Waals surface area contributed by atoms with Gasteiger partial charge < -0.3 is 5.73 Å². The highest BCUT2D eigenvalue weighted by molar-refractivity contribution is 8.00. The first-order valence-electron chi connectivity index (χ1n) is 6.26. The van der Waals surface area contributed by atoms with Gasteiger partial charge in [0, 0.05) is 22.7 Å². The second kappa shape index (κ2) is 7.08. The van der Waals surface area contributed by atoms with Crippen molar-refractivity contribution < 1.29 is 8.42 Å². The number of rotatable bonds is 8. The van der Waals surface area contributed by atoms with Gasteiger partial charge in [0.1, 0.15) is 0 Å². The molecule has 0 saturated carbocycles. The fourth-order valence-corrected chi connectivity index (χ4v) is 5.23. The van der Waals surface area contributed by atoms with E-state index in [1.165, 1.54) is 11.3 Å². The molecule has 0 saturated heterocycles. The van der Waals surface area contributed by atoms with Gasteiger partial charge in [0.05, 0.1) is 4.90 Å². The summed E-state index contributed by atoms with van der Waals surface area (Å²) in [4.78, 5) is 1.03. The Bertz CT molecular complexity index is 485. The molecule has 1 aromatic heterocycles. The zero-order valence-corrected chi connectivity index (χ0v) is 14.1. The lowest BCUT2D eigenvalue weighted by atomic mass is 10.0. The lowest BCUT2D eigenvalue weighted by Crippen LogP contribution is -2.39. The smallest absolute Gasteiger partial charge is 0.241 e. The van der Waals surface area contributed by atoms with Crippen LogP contribution in [0, 0.1) is 0 Å². The molecule has 0 radical (unpaired) electrons. The molecule has 19 heavy (non-hydrogen) atoms. The largest absolute Gasteiger partial charge is 0.326 e. The summed E-state index contributed by atoms with van der Waals surface area (Å²) in [5, 5.41) is 1.76. The van der Waals surface area contributed by atoms with E-state index in [9.17, 15) is 8.42 Å². The van der Waals surface area contributed by atoms with Gasteiger partial charge >= 0.3 is 0 Å². The SMILES string of the molecule is CCC(CC)(CNS(=O)(=O)c1ccsc1CN)SC. The second-order valence-corrected chi connectivity index (χ2v) is 8.34. The van der Waals surface area contributed by atoms with Crippen LogP contribution in [0.1, 0.15) is 31.6 Å². The molecule has 0 aliphatic heterocycles. The molecule has 0 aromatic carbocycles. The summed E-state index contributed by atoms with van der Waals surface area (Å²) >= 11 is 3.09. The van der Waals surface area contributed by atoms with E-state index in [4.69, 9.17) is 5.73 Å². The first kappa shape index (κ1) is 17.0. The van der Waals surface area contributed by atoms with Gasteiger partial charge in [-0.1, -0.05) is 13.8 Å². The molecule has 1 heterocycles. The Morgan fingerprint density at radius 1 is 1.42 bits per heavy atom. The minimum absolute atomic E-state index is 0.0357. The van der Waals surface area contributed by atoms with Gasteiger partial charge in [0.15, 0.2) is 0 Å². The molecular weight excluding hydrogens is 300 g/mol. The van der Waals surface area contributed by atoms with Crippen LogP contribution in [0.15, 0.2) is 16.3 Å². The van der Waals surface area contributed by atoms with Gasteiger partial charge in [-0.3, -0.25) is 0 Å². The first-order valence-corrected chi connectivity index (χ1v) is 9.84. The topological polar surface area (TPSA) is 72.2 Å². The Morgan fingerprint density at radius 2 is 2.05 bits per heavy atom. The average molecular weight is 323 g/mol. The summed E-state index contributed by atoms with van der Waals surface area (Å²) in [6, 6.07) is 1.62. The van der Waals surface area contributed by atoms with Crippen LogP contribution in [0.25, 0.3) is 0 Å². The number of hydrogen-bond acceptors (Lipinski definition) is 5. The Morgan fingerprint density at radius 3 is 2.53 bits per heavy atom. The average Bonchev–Trinajstić information content (AvgIpc) is 2.90. The Labute approximate surface area is 124 Å². The van der Waals surface area contributed by atoms with Gasteiger partial charge in [0.2, 0.25) is 10.0 Å². The summed E-state index contributed by atoms with van der Waals surface area (Å²) in [5.74, 6) is 0. The quantitative estimate of drug-likeness (QED) is 0.771. The van der Waals surface area contributed by atoms with E-state index in [0.29, 0.717) is 16.3 Å². The molecule has 3 N–H and O–H groups in total. The lowest BCUT2D eigenvalue weighted by Gasteiger charge is -2.29. The van der Waals surface area contributed by atoms with E-state index in [1.54, 1.807) is 23.2 Å². The molecule has 0 atom stereocenters. The van der Waals surface area contributed by atoms with Crippen LogP contribution in [0.5, 0.6) is 0 Å². The third kappa shape index (κ3) is 3.95. The van der Waals surface area contributed by atoms with Crippen molar-refractivity contribution in [2.45, 2.75) is 42.9 Å². The molecular formula is C12H22N2O2S3. The number of nitrogens with one attached hydrogen (secondary N) is 1. The minimum atomic E-state index is -3.46. The molecule has 0 bridgehead atoms. The number of hydrogen-bond donors (Lipinski definition) is 2. The Balaban J connectivity index is 2.87. The molecule has 0 spiro atoms. The summed E-state index contributed by atoms with van der Waals surface area (Å²) in [7, 11) is -3.46. The fraction of sp³-hybridized carbons (Fsp3) is 0.667. The molecule has 0 amide bonds. The molecule has 7 heteroatoms. The highest BCUT2D eigenvalue weighted by Gasteiger charge is 2.28. The highest BCUT2D eigenvalue weighted by Crippen LogP contribution is 2.30. The summed E-state index contributed by atoms with van der Waals surface area (Å²) in [5.41, 5.74) is 5.57. The number of sulfonamides is 1. The molecule has 0 fully saturated rings. The number of thiophene rings is 1. The first-order chi connectivity index (χ1) is 8.94. The van der Waals surface area contributed by atoms with E-state index in [2.05, 4.69) is 18.6 Å². The summed E-state index contributed by atoms with van der Waals surface area (Å²) in [6.07, 6.45) is 3.89. The van der Waals surface area contributed by atoms with E-state index in [1.807, 2.05) is 6.26 Å². The van der Waals surface area contributed by atoms with Gasteiger partial charge in [-0.05, 0) is 30.5 Å². The van der Waals surface area contributed by atoms with Crippen LogP contribution in [0.4, 0.5) is 0 Å². The zero-order chi connectivity index (χ0) is 14.5. The maximum atomic E-state index is 12.3. The molecule has 0 unspecified atom stereocenters.